The van der Waals surface area contributed by atoms with Crippen molar-refractivity contribution in [3.63, 3.8) is 0 Å². The van der Waals surface area contributed by atoms with Crippen molar-refractivity contribution in [3.8, 4) is 0 Å². The number of hydrogen-bond acceptors (Lipinski definition) is 4. The highest BCUT2D eigenvalue weighted by molar-refractivity contribution is 5.36. The predicted molar refractivity (Wildman–Crippen MR) is 135 cm³/mol. The van der Waals surface area contributed by atoms with E-state index in [2.05, 4.69) is 47.6 Å². The number of hydrogen-bond donors (Lipinski definition) is 4. The van der Waals surface area contributed by atoms with Gasteiger partial charge in [-0.15, -0.1) is 0 Å². The summed E-state index contributed by atoms with van der Waals surface area (Å²) in [4.78, 5) is 0. The first-order valence-electron chi connectivity index (χ1n) is 13.9. The first-order chi connectivity index (χ1) is 15.5. The highest BCUT2D eigenvalue weighted by atomic mass is 16.4. The molecular weight excluding hydrogens is 424 g/mol. The van der Waals surface area contributed by atoms with Gasteiger partial charge in [0.15, 0.2) is 0 Å². The van der Waals surface area contributed by atoms with E-state index in [1.807, 2.05) is 13.8 Å². The van der Waals surface area contributed by atoms with Crippen molar-refractivity contribution >= 4 is 0 Å². The lowest BCUT2D eigenvalue weighted by atomic mass is 9.32. The fourth-order valence-corrected chi connectivity index (χ4v) is 10.7. The molecule has 4 saturated carbocycles. The quantitative estimate of drug-likeness (QED) is 0.369. The first-order valence-corrected chi connectivity index (χ1v) is 13.9. The summed E-state index contributed by atoms with van der Waals surface area (Å²) in [6.45, 7) is 18.3. The Morgan fingerprint density at radius 3 is 2.03 bits per heavy atom. The minimum Gasteiger partial charge on any atom is -0.390 e. The van der Waals surface area contributed by atoms with Crippen LogP contribution in [0.25, 0.3) is 0 Å². The van der Waals surface area contributed by atoms with Crippen LogP contribution in [-0.2, 0) is 0 Å². The fourth-order valence-electron chi connectivity index (χ4n) is 10.7. The lowest BCUT2D eigenvalue weighted by Crippen LogP contribution is -2.73. The van der Waals surface area contributed by atoms with Gasteiger partial charge < -0.3 is 20.4 Å². The van der Waals surface area contributed by atoms with E-state index in [1.54, 1.807) is 0 Å². The molecule has 0 amide bonds. The summed E-state index contributed by atoms with van der Waals surface area (Å²) in [5, 5.41) is 45.4. The van der Waals surface area contributed by atoms with Gasteiger partial charge in [-0.05, 0) is 83.9 Å². The fraction of sp³-hybridized carbons (Fsp3) is 0.933. The van der Waals surface area contributed by atoms with Gasteiger partial charge in [0.2, 0.25) is 0 Å². The van der Waals surface area contributed by atoms with E-state index in [0.29, 0.717) is 16.7 Å². The van der Waals surface area contributed by atoms with Crippen LogP contribution in [0.5, 0.6) is 0 Å². The Morgan fingerprint density at radius 2 is 1.38 bits per heavy atom. The summed E-state index contributed by atoms with van der Waals surface area (Å²) in [5.41, 5.74) is 0.686. The van der Waals surface area contributed by atoms with Gasteiger partial charge in [-0.1, -0.05) is 67.0 Å². The third-order valence-electron chi connectivity index (χ3n) is 13.1. The number of allylic oxidation sites excluding steroid dienone is 1. The average Bonchev–Trinajstić information content (AvgIpc) is 2.73. The van der Waals surface area contributed by atoms with Crippen LogP contribution in [0.4, 0.5) is 0 Å². The Bertz CT molecular complexity index is 892. The topological polar surface area (TPSA) is 80.9 Å². The largest absolute Gasteiger partial charge is 0.390 e. The summed E-state index contributed by atoms with van der Waals surface area (Å²) in [5.74, 6) is 0.361. The zero-order valence-corrected chi connectivity index (χ0v) is 22.9. The molecule has 0 saturated heterocycles. The minimum absolute atomic E-state index is 0.0298. The van der Waals surface area contributed by atoms with Crippen molar-refractivity contribution in [2.75, 3.05) is 0 Å². The molecule has 34 heavy (non-hydrogen) atoms. The molecule has 0 radical (unpaired) electrons. The third kappa shape index (κ3) is 2.86. The van der Waals surface area contributed by atoms with Gasteiger partial charge in [0, 0.05) is 11.3 Å². The van der Waals surface area contributed by atoms with Crippen molar-refractivity contribution in [2.24, 2.45) is 50.2 Å². The van der Waals surface area contributed by atoms with E-state index in [0.717, 1.165) is 19.3 Å². The maximum Gasteiger partial charge on any atom is 0.107 e. The molecule has 0 aromatic heterocycles. The van der Waals surface area contributed by atoms with Gasteiger partial charge in [-0.2, -0.15) is 0 Å². The lowest BCUT2D eigenvalue weighted by Gasteiger charge is -2.73. The zero-order valence-electron chi connectivity index (χ0n) is 22.9. The molecule has 0 spiro atoms. The van der Waals surface area contributed by atoms with Crippen LogP contribution in [0.2, 0.25) is 0 Å². The molecule has 0 bridgehead atoms. The molecule has 11 unspecified atom stereocenters. The van der Waals surface area contributed by atoms with Gasteiger partial charge >= 0.3 is 0 Å². The van der Waals surface area contributed by atoms with E-state index >= 15 is 0 Å². The van der Waals surface area contributed by atoms with E-state index in [-0.39, 0.29) is 22.7 Å². The van der Waals surface area contributed by atoms with Crippen molar-refractivity contribution in [3.05, 3.63) is 11.6 Å². The Labute approximate surface area is 207 Å². The Hall–Kier alpha value is -0.420. The van der Waals surface area contributed by atoms with E-state index in [1.165, 1.54) is 31.3 Å². The molecule has 5 rings (SSSR count). The van der Waals surface area contributed by atoms with Crippen LogP contribution in [0.15, 0.2) is 11.6 Å². The van der Waals surface area contributed by atoms with Gasteiger partial charge in [0.1, 0.15) is 6.10 Å². The van der Waals surface area contributed by atoms with Crippen molar-refractivity contribution in [1.29, 1.82) is 0 Å². The van der Waals surface area contributed by atoms with Crippen molar-refractivity contribution < 1.29 is 20.4 Å². The zero-order chi connectivity index (χ0) is 25.3. The second kappa shape index (κ2) is 7.11. The molecule has 4 heteroatoms. The molecule has 0 aliphatic heterocycles. The molecule has 11 atom stereocenters. The van der Waals surface area contributed by atoms with Crippen LogP contribution >= 0.6 is 0 Å². The second-order valence-electron chi connectivity index (χ2n) is 15.6. The Balaban J connectivity index is 1.66. The smallest absolute Gasteiger partial charge is 0.107 e. The number of rotatable bonds is 0. The standard InChI is InChI=1S/C30H50O4/c1-25(2)11-12-27(5)13-14-28(6)17(18(27)16-25)15-19(31)22-29(28,7)10-9-20-26(3,4)23(33)21(32)24(34)30(20,22)8/h15,18-24,31-34H,9-14,16H2,1-8H3. The summed E-state index contributed by atoms with van der Waals surface area (Å²) >= 11 is 0. The van der Waals surface area contributed by atoms with Crippen molar-refractivity contribution in [2.45, 2.75) is 125 Å². The molecule has 4 fully saturated rings. The summed E-state index contributed by atoms with van der Waals surface area (Å²) < 4.78 is 0. The van der Waals surface area contributed by atoms with Crippen LogP contribution in [-0.4, -0.2) is 44.8 Å². The van der Waals surface area contributed by atoms with Crippen LogP contribution < -0.4 is 0 Å². The Kier molecular flexibility index (Phi) is 5.28. The molecular formula is C30H50O4. The highest BCUT2D eigenvalue weighted by Crippen LogP contribution is 2.75. The van der Waals surface area contributed by atoms with Gasteiger partial charge in [-0.25, -0.2) is 0 Å². The predicted octanol–water partition coefficient (Wildman–Crippen LogP) is 5.08. The lowest BCUT2D eigenvalue weighted by molar-refractivity contribution is -0.290. The maximum absolute atomic E-state index is 11.9. The molecule has 4 N–H and O–H groups in total. The molecule has 194 valence electrons. The van der Waals surface area contributed by atoms with Gasteiger partial charge in [-0.3, -0.25) is 0 Å². The monoisotopic (exact) mass is 474 g/mol. The maximum atomic E-state index is 11.9. The summed E-state index contributed by atoms with van der Waals surface area (Å²) in [7, 11) is 0. The first kappa shape index (κ1) is 25.2. The average molecular weight is 475 g/mol. The molecule has 0 aromatic carbocycles. The van der Waals surface area contributed by atoms with Gasteiger partial charge in [0.05, 0.1) is 18.3 Å². The molecule has 4 nitrogen and oxygen atoms in total. The molecule has 5 aliphatic rings. The second-order valence-corrected chi connectivity index (χ2v) is 15.6. The number of fused-ring (bicyclic) bond motifs is 7. The van der Waals surface area contributed by atoms with Crippen LogP contribution in [0.1, 0.15) is 100 Å². The van der Waals surface area contributed by atoms with Gasteiger partial charge in [0.25, 0.3) is 0 Å². The Morgan fingerprint density at radius 1 is 0.765 bits per heavy atom. The van der Waals surface area contributed by atoms with E-state index < -0.39 is 35.2 Å². The van der Waals surface area contributed by atoms with Crippen LogP contribution in [0, 0.1) is 50.2 Å². The van der Waals surface area contributed by atoms with E-state index in [9.17, 15) is 20.4 Å². The summed E-state index contributed by atoms with van der Waals surface area (Å²) in [6.07, 6.45) is 6.27. The minimum atomic E-state index is -1.20. The molecule has 0 aromatic rings. The molecule has 5 aliphatic carbocycles. The van der Waals surface area contributed by atoms with E-state index in [4.69, 9.17) is 0 Å². The van der Waals surface area contributed by atoms with Crippen molar-refractivity contribution in [1.82, 2.24) is 0 Å². The number of aliphatic hydroxyl groups excluding tert-OH is 4. The normalized spacial score (nSPS) is 58.0. The summed E-state index contributed by atoms with van der Waals surface area (Å²) in [6, 6.07) is 0. The SMILES string of the molecule is CC1(C)CCC2(C)CCC3(C)C(=CC(O)C4C5(C)C(O)C(O)C(O)C(C)(C)C5CCC43C)C2C1. The third-order valence-corrected chi connectivity index (χ3v) is 13.1. The number of aliphatic hydroxyl groups is 4. The highest BCUT2D eigenvalue weighted by Gasteiger charge is 2.72. The van der Waals surface area contributed by atoms with Crippen LogP contribution in [0.3, 0.4) is 0 Å². The molecule has 0 heterocycles.